The number of aryl methyl sites for hydroxylation is 1. The molecule has 0 atom stereocenters. The summed E-state index contributed by atoms with van der Waals surface area (Å²) in [5, 5.41) is 15.5. The van der Waals surface area contributed by atoms with E-state index < -0.39 is 11.9 Å². The van der Waals surface area contributed by atoms with Crippen molar-refractivity contribution in [3.8, 4) is 5.75 Å². The predicted octanol–water partition coefficient (Wildman–Crippen LogP) is 4.10. The van der Waals surface area contributed by atoms with Gasteiger partial charge in [-0.3, -0.25) is 0 Å². The summed E-state index contributed by atoms with van der Waals surface area (Å²) in [5.41, 5.74) is 2.52. The fraction of sp³-hybridized carbons (Fsp3) is 0.333. The van der Waals surface area contributed by atoms with Gasteiger partial charge in [0.1, 0.15) is 5.75 Å². The number of nitrogens with zero attached hydrogens (tertiary/aromatic N) is 1. The Hall–Kier alpha value is -2.57. The molecule has 7 heteroatoms. The van der Waals surface area contributed by atoms with Crippen LogP contribution in [0.4, 0.5) is 0 Å². The van der Waals surface area contributed by atoms with Gasteiger partial charge in [-0.1, -0.05) is 48.0 Å². The Bertz CT molecular complexity index is 740. The van der Waals surface area contributed by atoms with E-state index in [0.717, 1.165) is 31.7 Å². The summed E-state index contributed by atoms with van der Waals surface area (Å²) in [5.74, 6) is -2.86. The molecule has 0 aromatic heterocycles. The molecule has 152 valence electrons. The summed E-state index contributed by atoms with van der Waals surface area (Å²) >= 11 is 6.12. The standard InChI is InChI=1S/C19H24ClNO.C2H2O4/c1-16-10-11-18(20)19(14-16)22-13-7-6-12-21(2)15-17-8-4-3-5-9-17;3-1(4)2(5)6/h3-5,8-11,14H,6-7,12-13,15H2,1-2H3;(H,3,4)(H,5,6). The Balaban J connectivity index is 0.000000568. The average molecular weight is 408 g/mol. The van der Waals surface area contributed by atoms with Crippen molar-refractivity contribution in [1.29, 1.82) is 0 Å². The second-order valence-electron chi connectivity index (χ2n) is 6.32. The highest BCUT2D eigenvalue weighted by Crippen LogP contribution is 2.25. The van der Waals surface area contributed by atoms with E-state index in [1.165, 1.54) is 11.1 Å². The number of carbonyl (C=O) groups is 2. The highest BCUT2D eigenvalue weighted by molar-refractivity contribution is 6.32. The third kappa shape index (κ3) is 9.94. The predicted molar refractivity (Wildman–Crippen MR) is 109 cm³/mol. The summed E-state index contributed by atoms with van der Waals surface area (Å²) in [4.78, 5) is 20.5. The second kappa shape index (κ2) is 12.8. The number of unbranched alkanes of at least 4 members (excludes halogenated alkanes) is 1. The highest BCUT2D eigenvalue weighted by Gasteiger charge is 2.04. The van der Waals surface area contributed by atoms with Crippen molar-refractivity contribution < 1.29 is 24.5 Å². The van der Waals surface area contributed by atoms with E-state index in [0.29, 0.717) is 11.6 Å². The van der Waals surface area contributed by atoms with Gasteiger partial charge in [-0.25, -0.2) is 9.59 Å². The van der Waals surface area contributed by atoms with Crippen LogP contribution in [0.1, 0.15) is 24.0 Å². The Morgan fingerprint density at radius 1 is 1.04 bits per heavy atom. The summed E-state index contributed by atoms with van der Waals surface area (Å²) in [6.07, 6.45) is 2.15. The van der Waals surface area contributed by atoms with Gasteiger partial charge in [-0.05, 0) is 56.6 Å². The minimum Gasteiger partial charge on any atom is -0.492 e. The fourth-order valence-electron chi connectivity index (χ4n) is 2.36. The zero-order valence-electron chi connectivity index (χ0n) is 16.1. The van der Waals surface area contributed by atoms with Gasteiger partial charge in [0, 0.05) is 6.54 Å². The maximum atomic E-state index is 9.10. The van der Waals surface area contributed by atoms with Crippen molar-refractivity contribution in [2.45, 2.75) is 26.3 Å². The summed E-state index contributed by atoms with van der Waals surface area (Å²) < 4.78 is 5.77. The third-order valence-electron chi connectivity index (χ3n) is 3.76. The lowest BCUT2D eigenvalue weighted by Gasteiger charge is -2.16. The van der Waals surface area contributed by atoms with Crippen molar-refractivity contribution >= 4 is 23.5 Å². The molecule has 0 aliphatic carbocycles. The number of halogens is 1. The lowest BCUT2D eigenvalue weighted by atomic mass is 10.2. The number of ether oxygens (including phenoxy) is 1. The molecule has 0 heterocycles. The van der Waals surface area contributed by atoms with Crippen LogP contribution in [-0.4, -0.2) is 47.3 Å². The second-order valence-corrected chi connectivity index (χ2v) is 6.73. The van der Waals surface area contributed by atoms with Gasteiger partial charge in [-0.2, -0.15) is 0 Å². The number of carboxylic acids is 2. The van der Waals surface area contributed by atoms with Crippen molar-refractivity contribution in [3.63, 3.8) is 0 Å². The highest BCUT2D eigenvalue weighted by atomic mass is 35.5. The molecule has 0 amide bonds. The lowest BCUT2D eigenvalue weighted by Crippen LogP contribution is -2.19. The molecular weight excluding hydrogens is 382 g/mol. The van der Waals surface area contributed by atoms with Crippen molar-refractivity contribution in [3.05, 3.63) is 64.7 Å². The zero-order chi connectivity index (χ0) is 20.9. The number of rotatable bonds is 8. The minimum absolute atomic E-state index is 0.687. The molecule has 0 bridgehead atoms. The van der Waals surface area contributed by atoms with Gasteiger partial charge in [0.15, 0.2) is 0 Å². The first-order chi connectivity index (χ1) is 13.3. The normalized spacial score (nSPS) is 10.1. The number of hydrogen-bond donors (Lipinski definition) is 2. The number of aliphatic carboxylic acids is 2. The largest absolute Gasteiger partial charge is 0.492 e. The van der Waals surface area contributed by atoms with Gasteiger partial charge in [0.2, 0.25) is 0 Å². The van der Waals surface area contributed by atoms with E-state index in [1.54, 1.807) is 0 Å². The maximum Gasteiger partial charge on any atom is 0.414 e. The van der Waals surface area contributed by atoms with Gasteiger partial charge >= 0.3 is 11.9 Å². The quantitative estimate of drug-likeness (QED) is 0.506. The van der Waals surface area contributed by atoms with E-state index in [4.69, 9.17) is 36.1 Å². The molecule has 0 fully saturated rings. The van der Waals surface area contributed by atoms with E-state index >= 15 is 0 Å². The van der Waals surface area contributed by atoms with Gasteiger partial charge in [0.05, 0.1) is 11.6 Å². The van der Waals surface area contributed by atoms with Crippen LogP contribution in [0.25, 0.3) is 0 Å². The summed E-state index contributed by atoms with van der Waals surface area (Å²) in [6.45, 7) is 4.81. The van der Waals surface area contributed by atoms with E-state index in [-0.39, 0.29) is 0 Å². The molecule has 0 spiro atoms. The van der Waals surface area contributed by atoms with Crippen LogP contribution in [0.2, 0.25) is 5.02 Å². The molecule has 28 heavy (non-hydrogen) atoms. The van der Waals surface area contributed by atoms with Crippen LogP contribution in [0.5, 0.6) is 5.75 Å². The van der Waals surface area contributed by atoms with Gasteiger partial charge in [-0.15, -0.1) is 0 Å². The van der Waals surface area contributed by atoms with Crippen LogP contribution in [0, 0.1) is 6.92 Å². The zero-order valence-corrected chi connectivity index (χ0v) is 16.9. The average Bonchev–Trinajstić information content (AvgIpc) is 2.65. The van der Waals surface area contributed by atoms with Crippen molar-refractivity contribution in [2.24, 2.45) is 0 Å². The van der Waals surface area contributed by atoms with E-state index in [9.17, 15) is 0 Å². The first kappa shape index (κ1) is 23.5. The van der Waals surface area contributed by atoms with E-state index in [2.05, 4.69) is 42.3 Å². The van der Waals surface area contributed by atoms with Gasteiger partial charge < -0.3 is 19.8 Å². The topological polar surface area (TPSA) is 87.1 Å². The Morgan fingerprint density at radius 2 is 1.68 bits per heavy atom. The molecule has 0 unspecified atom stereocenters. The molecule has 0 saturated carbocycles. The smallest absolute Gasteiger partial charge is 0.414 e. The molecule has 2 aromatic carbocycles. The molecule has 0 aliphatic rings. The lowest BCUT2D eigenvalue weighted by molar-refractivity contribution is -0.159. The molecular formula is C21H26ClNO5. The van der Waals surface area contributed by atoms with Crippen LogP contribution >= 0.6 is 11.6 Å². The minimum atomic E-state index is -1.82. The molecule has 0 aliphatic heterocycles. The molecule has 2 N–H and O–H groups in total. The van der Waals surface area contributed by atoms with E-state index in [1.807, 2.05) is 25.1 Å². The molecule has 2 rings (SSSR count). The maximum absolute atomic E-state index is 9.10. The number of carboxylic acid groups (broad SMARTS) is 2. The van der Waals surface area contributed by atoms with Crippen LogP contribution in [-0.2, 0) is 16.1 Å². The van der Waals surface area contributed by atoms with Crippen molar-refractivity contribution in [1.82, 2.24) is 4.90 Å². The van der Waals surface area contributed by atoms with Crippen LogP contribution in [0.3, 0.4) is 0 Å². The first-order valence-corrected chi connectivity index (χ1v) is 9.25. The van der Waals surface area contributed by atoms with Gasteiger partial charge in [0.25, 0.3) is 0 Å². The molecule has 6 nitrogen and oxygen atoms in total. The van der Waals surface area contributed by atoms with Crippen molar-refractivity contribution in [2.75, 3.05) is 20.2 Å². The third-order valence-corrected chi connectivity index (χ3v) is 4.07. The monoisotopic (exact) mass is 407 g/mol. The number of hydrogen-bond acceptors (Lipinski definition) is 4. The fourth-order valence-corrected chi connectivity index (χ4v) is 2.53. The SMILES string of the molecule is Cc1ccc(Cl)c(OCCCCN(C)Cc2ccccc2)c1.O=C(O)C(=O)O. The van der Waals surface area contributed by atoms with Crippen LogP contribution in [0.15, 0.2) is 48.5 Å². The Kier molecular flexibility index (Phi) is 10.7. The molecule has 0 saturated heterocycles. The van der Waals surface area contributed by atoms with Crippen LogP contribution < -0.4 is 4.74 Å². The first-order valence-electron chi connectivity index (χ1n) is 8.87. The number of benzene rings is 2. The Morgan fingerprint density at radius 3 is 2.29 bits per heavy atom. The summed E-state index contributed by atoms with van der Waals surface area (Å²) in [6, 6.07) is 16.4. The summed E-state index contributed by atoms with van der Waals surface area (Å²) in [7, 11) is 2.16. The Labute approximate surface area is 170 Å². The molecule has 2 aromatic rings. The molecule has 0 radical (unpaired) electrons.